The quantitative estimate of drug-likeness (QED) is 0.516. The van der Waals surface area contributed by atoms with Gasteiger partial charge in [0.2, 0.25) is 11.9 Å². The Bertz CT molecular complexity index is 1160. The monoisotopic (exact) mass is 364 g/mol. The van der Waals surface area contributed by atoms with E-state index in [0.717, 1.165) is 22.4 Å². The zero-order chi connectivity index (χ0) is 18.4. The summed E-state index contributed by atoms with van der Waals surface area (Å²) in [5.74, 6) is 2.40. The van der Waals surface area contributed by atoms with Gasteiger partial charge in [0.25, 0.3) is 5.78 Å². The number of hydrogen-bond donors (Lipinski definition) is 3. The van der Waals surface area contributed by atoms with Crippen molar-refractivity contribution in [2.45, 2.75) is 6.92 Å². The van der Waals surface area contributed by atoms with Gasteiger partial charge >= 0.3 is 0 Å². The number of amides is 1. The van der Waals surface area contributed by atoms with E-state index in [9.17, 15) is 4.79 Å². The molecule has 3 N–H and O–H groups in total. The van der Waals surface area contributed by atoms with Crippen LogP contribution in [0.15, 0.2) is 36.4 Å². The highest BCUT2D eigenvalue weighted by Crippen LogP contribution is 2.34. The number of fused-ring (bicyclic) bond motifs is 4. The van der Waals surface area contributed by atoms with Crippen molar-refractivity contribution >= 4 is 40.0 Å². The van der Waals surface area contributed by atoms with Crippen LogP contribution in [0, 0.1) is 0 Å². The van der Waals surface area contributed by atoms with Crippen LogP contribution < -0.4 is 20.1 Å². The van der Waals surface area contributed by atoms with Gasteiger partial charge in [-0.1, -0.05) is 0 Å². The normalized spacial score (nSPS) is 13.1. The summed E-state index contributed by atoms with van der Waals surface area (Å²) in [5, 5.41) is 9.11. The molecule has 136 valence electrons. The Labute approximate surface area is 153 Å². The molecule has 0 spiro atoms. The number of anilines is 3. The minimum atomic E-state index is -0.105. The maximum absolute atomic E-state index is 11.1. The number of nitrogens with zero attached hydrogens (tertiary/aromatic N) is 3. The summed E-state index contributed by atoms with van der Waals surface area (Å²) in [4.78, 5) is 20.1. The largest absolute Gasteiger partial charge is 0.486 e. The Kier molecular flexibility index (Phi) is 3.39. The third kappa shape index (κ3) is 2.78. The molecule has 0 fully saturated rings. The first kappa shape index (κ1) is 15.5. The van der Waals surface area contributed by atoms with E-state index in [1.807, 2.05) is 36.4 Å². The molecule has 0 saturated carbocycles. The molecule has 1 aliphatic heterocycles. The number of aromatic nitrogens is 4. The summed E-state index contributed by atoms with van der Waals surface area (Å²) < 4.78 is 13.0. The van der Waals surface area contributed by atoms with Crippen LogP contribution in [0.25, 0.3) is 16.8 Å². The van der Waals surface area contributed by atoms with Gasteiger partial charge < -0.3 is 20.1 Å². The van der Waals surface area contributed by atoms with Crippen LogP contribution in [0.5, 0.6) is 11.5 Å². The van der Waals surface area contributed by atoms with E-state index in [4.69, 9.17) is 9.47 Å². The fraction of sp³-hybridized carbons (Fsp3) is 0.167. The molecule has 2 aromatic heterocycles. The van der Waals surface area contributed by atoms with Gasteiger partial charge in [0.15, 0.2) is 11.5 Å². The van der Waals surface area contributed by atoms with Crippen molar-refractivity contribution in [3.05, 3.63) is 36.4 Å². The zero-order valence-corrected chi connectivity index (χ0v) is 14.4. The maximum Gasteiger partial charge on any atom is 0.253 e. The Morgan fingerprint density at radius 3 is 2.52 bits per heavy atom. The topological polar surface area (TPSA) is 106 Å². The number of aromatic amines is 1. The van der Waals surface area contributed by atoms with Crippen molar-refractivity contribution in [1.29, 1.82) is 0 Å². The van der Waals surface area contributed by atoms with E-state index in [1.165, 1.54) is 6.92 Å². The molecule has 0 saturated heterocycles. The van der Waals surface area contributed by atoms with E-state index in [-0.39, 0.29) is 5.91 Å². The van der Waals surface area contributed by atoms with Crippen molar-refractivity contribution in [2.24, 2.45) is 0 Å². The van der Waals surface area contributed by atoms with E-state index in [1.54, 1.807) is 4.52 Å². The molecule has 9 nitrogen and oxygen atoms in total. The maximum atomic E-state index is 11.1. The first-order valence-corrected chi connectivity index (χ1v) is 8.48. The lowest BCUT2D eigenvalue weighted by atomic mass is 10.2. The second-order valence-corrected chi connectivity index (χ2v) is 6.19. The SMILES string of the molecule is CC(=O)Nc1ccc(Nc2nc3nc4cc5c(cc4n3[nH]2)OCCO5)cc1. The molecular weight excluding hydrogens is 348 g/mol. The van der Waals surface area contributed by atoms with Gasteiger partial charge in [0, 0.05) is 30.4 Å². The molecule has 2 aromatic carbocycles. The number of benzene rings is 2. The van der Waals surface area contributed by atoms with Gasteiger partial charge in [-0.3, -0.25) is 9.89 Å². The Balaban J connectivity index is 1.45. The lowest BCUT2D eigenvalue weighted by Gasteiger charge is -2.17. The fourth-order valence-corrected chi connectivity index (χ4v) is 3.05. The van der Waals surface area contributed by atoms with Gasteiger partial charge in [-0.15, -0.1) is 0 Å². The van der Waals surface area contributed by atoms with Crippen LogP contribution in [-0.2, 0) is 4.79 Å². The molecule has 4 aromatic rings. The van der Waals surface area contributed by atoms with Gasteiger partial charge in [-0.05, 0) is 24.3 Å². The minimum Gasteiger partial charge on any atom is -0.486 e. The van der Waals surface area contributed by atoms with Crippen molar-refractivity contribution in [3.8, 4) is 11.5 Å². The summed E-state index contributed by atoms with van der Waals surface area (Å²) in [6.45, 7) is 2.55. The highest BCUT2D eigenvalue weighted by atomic mass is 16.6. The molecule has 0 unspecified atom stereocenters. The average Bonchev–Trinajstić information content (AvgIpc) is 3.18. The van der Waals surface area contributed by atoms with Crippen LogP contribution in [0.2, 0.25) is 0 Å². The van der Waals surface area contributed by atoms with Crippen molar-refractivity contribution < 1.29 is 14.3 Å². The molecule has 3 heterocycles. The summed E-state index contributed by atoms with van der Waals surface area (Å²) >= 11 is 0. The Morgan fingerprint density at radius 1 is 1.07 bits per heavy atom. The lowest BCUT2D eigenvalue weighted by Crippen LogP contribution is -2.15. The number of carbonyl (C=O) groups excluding carboxylic acids is 1. The van der Waals surface area contributed by atoms with Crippen molar-refractivity contribution in [1.82, 2.24) is 19.6 Å². The molecule has 0 bridgehead atoms. The summed E-state index contributed by atoms with van der Waals surface area (Å²) in [5.41, 5.74) is 3.21. The Morgan fingerprint density at radius 2 is 1.78 bits per heavy atom. The van der Waals surface area contributed by atoms with Crippen LogP contribution in [0.3, 0.4) is 0 Å². The first-order valence-electron chi connectivity index (χ1n) is 8.48. The zero-order valence-electron chi connectivity index (χ0n) is 14.4. The van der Waals surface area contributed by atoms with Gasteiger partial charge in [0.05, 0.1) is 11.0 Å². The minimum absolute atomic E-state index is 0.105. The molecule has 9 heteroatoms. The van der Waals surface area contributed by atoms with Crippen LogP contribution >= 0.6 is 0 Å². The van der Waals surface area contributed by atoms with Gasteiger partial charge in [0.1, 0.15) is 13.2 Å². The summed E-state index contributed by atoms with van der Waals surface area (Å²) in [7, 11) is 0. The highest BCUT2D eigenvalue weighted by molar-refractivity contribution is 5.89. The van der Waals surface area contributed by atoms with E-state index in [2.05, 4.69) is 25.7 Å². The lowest BCUT2D eigenvalue weighted by molar-refractivity contribution is -0.114. The number of hydrogen-bond acceptors (Lipinski definition) is 6. The van der Waals surface area contributed by atoms with Gasteiger partial charge in [-0.25, -0.2) is 9.50 Å². The van der Waals surface area contributed by atoms with E-state index in [0.29, 0.717) is 36.4 Å². The third-order valence-corrected chi connectivity index (χ3v) is 4.20. The van der Waals surface area contributed by atoms with Crippen LogP contribution in [0.4, 0.5) is 17.3 Å². The molecule has 1 aliphatic rings. The number of rotatable bonds is 3. The average molecular weight is 364 g/mol. The van der Waals surface area contributed by atoms with Crippen LogP contribution in [0.1, 0.15) is 6.92 Å². The second kappa shape index (κ2) is 5.90. The van der Waals surface area contributed by atoms with E-state index >= 15 is 0 Å². The number of imidazole rings is 1. The summed E-state index contributed by atoms with van der Waals surface area (Å²) in [6, 6.07) is 11.1. The first-order chi connectivity index (χ1) is 13.2. The molecule has 0 radical (unpaired) electrons. The molecule has 27 heavy (non-hydrogen) atoms. The molecule has 0 atom stereocenters. The number of ether oxygens (including phenoxy) is 2. The predicted octanol–water partition coefficient (Wildman–Crippen LogP) is 2.68. The summed E-state index contributed by atoms with van der Waals surface area (Å²) in [6.07, 6.45) is 0. The Hall–Kier alpha value is -3.75. The van der Waals surface area contributed by atoms with E-state index < -0.39 is 0 Å². The smallest absolute Gasteiger partial charge is 0.253 e. The number of nitrogens with one attached hydrogen (secondary N) is 3. The number of carbonyl (C=O) groups is 1. The standard InChI is InChI=1S/C18H16N6O3/c1-10(25)19-11-2-4-12(5-3-11)20-17-22-18-21-13-8-15-16(27-7-6-26-15)9-14(13)24(18)23-17/h2-5,8-9H,6-7H2,1H3,(H,19,25)(H2,20,21,22,23). The highest BCUT2D eigenvalue weighted by Gasteiger charge is 2.17. The van der Waals surface area contributed by atoms with Crippen molar-refractivity contribution in [2.75, 3.05) is 23.8 Å². The molecule has 0 aliphatic carbocycles. The molecule has 1 amide bonds. The fourth-order valence-electron chi connectivity index (χ4n) is 3.05. The molecule has 5 rings (SSSR count). The van der Waals surface area contributed by atoms with Gasteiger partial charge in [-0.2, -0.15) is 4.98 Å². The molecular formula is C18H16N6O3. The van der Waals surface area contributed by atoms with Crippen molar-refractivity contribution in [3.63, 3.8) is 0 Å². The third-order valence-electron chi connectivity index (χ3n) is 4.20. The predicted molar refractivity (Wildman–Crippen MR) is 99.9 cm³/mol. The second-order valence-electron chi connectivity index (χ2n) is 6.19. The van der Waals surface area contributed by atoms with Crippen LogP contribution in [-0.4, -0.2) is 38.7 Å². The number of H-pyrrole nitrogens is 1.